The van der Waals surface area contributed by atoms with E-state index in [9.17, 15) is 9.18 Å². The first-order chi connectivity index (χ1) is 3.18. The molecule has 0 fully saturated rings. The van der Waals surface area contributed by atoms with Crippen LogP contribution in [0, 0.1) is 0 Å². The van der Waals surface area contributed by atoms with Gasteiger partial charge < -0.3 is 5.73 Å². The Morgan fingerprint density at radius 3 is 2.43 bits per heavy atom. The van der Waals surface area contributed by atoms with E-state index >= 15 is 0 Å². The van der Waals surface area contributed by atoms with E-state index in [1.807, 2.05) is 0 Å². The molecule has 0 spiro atoms. The number of primary amides is 1. The Morgan fingerprint density at radius 1 is 2.00 bits per heavy atom. The number of rotatable bonds is 2. The maximum absolute atomic E-state index is 11.8. The third-order valence-electron chi connectivity index (χ3n) is 0.667. The fourth-order valence-corrected chi connectivity index (χ4v) is 0.201. The highest BCUT2D eigenvalue weighted by molar-refractivity contribution is 5.78. The number of alkyl halides is 1. The normalized spacial score (nSPS) is 13.4. The van der Waals surface area contributed by atoms with Crippen molar-refractivity contribution in [3.63, 3.8) is 0 Å². The van der Waals surface area contributed by atoms with Crippen LogP contribution in [-0.2, 0) is 4.79 Å². The van der Waals surface area contributed by atoms with Crippen LogP contribution in [0.3, 0.4) is 0 Å². The van der Waals surface area contributed by atoms with Gasteiger partial charge in [0.05, 0.1) is 0 Å². The quantitative estimate of drug-likeness (QED) is 0.536. The number of hydrogen-bond acceptors (Lipinski definition) is 1. The SMILES string of the molecule is CC[C@@H](F)C(N)=O. The van der Waals surface area contributed by atoms with E-state index in [2.05, 4.69) is 5.73 Å². The van der Waals surface area contributed by atoms with Crippen LogP contribution in [0.25, 0.3) is 0 Å². The number of amides is 1. The maximum Gasteiger partial charge on any atom is 0.251 e. The predicted octanol–water partition coefficient (Wildman–Crippen LogP) is 0.220. The minimum Gasteiger partial charge on any atom is -0.367 e. The summed E-state index contributed by atoms with van der Waals surface area (Å²) < 4.78 is 11.8. The third-order valence-corrected chi connectivity index (χ3v) is 0.667. The van der Waals surface area contributed by atoms with Gasteiger partial charge in [0.25, 0.3) is 5.91 Å². The Hall–Kier alpha value is -0.600. The molecule has 0 unspecified atom stereocenters. The lowest BCUT2D eigenvalue weighted by Gasteiger charge is -1.93. The van der Waals surface area contributed by atoms with Crippen LogP contribution < -0.4 is 5.73 Å². The molecule has 0 aliphatic heterocycles. The summed E-state index contributed by atoms with van der Waals surface area (Å²) in [6, 6.07) is 0. The van der Waals surface area contributed by atoms with Gasteiger partial charge >= 0.3 is 0 Å². The zero-order valence-corrected chi connectivity index (χ0v) is 4.15. The fourth-order valence-electron chi connectivity index (χ4n) is 0.201. The number of halogens is 1. The topological polar surface area (TPSA) is 43.1 Å². The molecule has 0 heterocycles. The van der Waals surface area contributed by atoms with E-state index in [1.54, 1.807) is 6.92 Å². The number of carbonyl (C=O) groups is 1. The van der Waals surface area contributed by atoms with Crippen molar-refractivity contribution in [3.8, 4) is 0 Å². The summed E-state index contributed by atoms with van der Waals surface area (Å²) in [6.07, 6.45) is -1.28. The minimum absolute atomic E-state index is 0.176. The van der Waals surface area contributed by atoms with Gasteiger partial charge in [-0.15, -0.1) is 0 Å². The molecular weight excluding hydrogens is 97.0 g/mol. The van der Waals surface area contributed by atoms with Gasteiger partial charge in [-0.05, 0) is 6.42 Å². The highest BCUT2D eigenvalue weighted by atomic mass is 19.1. The van der Waals surface area contributed by atoms with Gasteiger partial charge in [0.15, 0.2) is 6.17 Å². The molecule has 0 rings (SSSR count). The average molecular weight is 105 g/mol. The van der Waals surface area contributed by atoms with Crippen LogP contribution in [0.15, 0.2) is 0 Å². The summed E-state index contributed by atoms with van der Waals surface area (Å²) in [4.78, 5) is 9.78. The molecule has 3 heteroatoms. The molecule has 0 aromatic carbocycles. The van der Waals surface area contributed by atoms with Gasteiger partial charge in [0.1, 0.15) is 0 Å². The van der Waals surface area contributed by atoms with E-state index in [1.165, 1.54) is 0 Å². The Balaban J connectivity index is 3.34. The lowest BCUT2D eigenvalue weighted by molar-refractivity contribution is -0.122. The van der Waals surface area contributed by atoms with Crippen molar-refractivity contribution in [2.75, 3.05) is 0 Å². The summed E-state index contributed by atoms with van der Waals surface area (Å²) in [5.41, 5.74) is 4.53. The molecule has 2 N–H and O–H groups in total. The zero-order valence-electron chi connectivity index (χ0n) is 4.15. The smallest absolute Gasteiger partial charge is 0.251 e. The van der Waals surface area contributed by atoms with Gasteiger partial charge in [0.2, 0.25) is 0 Å². The fraction of sp³-hybridized carbons (Fsp3) is 0.750. The van der Waals surface area contributed by atoms with Crippen molar-refractivity contribution in [2.45, 2.75) is 19.5 Å². The first kappa shape index (κ1) is 6.40. The summed E-state index contributed by atoms with van der Waals surface area (Å²) >= 11 is 0. The number of carbonyl (C=O) groups excluding carboxylic acids is 1. The summed E-state index contributed by atoms with van der Waals surface area (Å²) in [5, 5.41) is 0. The number of nitrogens with two attached hydrogens (primary N) is 1. The van der Waals surface area contributed by atoms with Crippen molar-refractivity contribution in [1.82, 2.24) is 0 Å². The molecule has 0 aliphatic rings. The average Bonchev–Trinajstić information content (AvgIpc) is 1.65. The van der Waals surface area contributed by atoms with E-state index < -0.39 is 12.1 Å². The van der Waals surface area contributed by atoms with Crippen LogP contribution in [0.1, 0.15) is 13.3 Å². The maximum atomic E-state index is 11.8. The van der Waals surface area contributed by atoms with Crippen LogP contribution >= 0.6 is 0 Å². The molecule has 0 saturated carbocycles. The second kappa shape index (κ2) is 2.55. The Bertz CT molecular complexity index is 74.1. The van der Waals surface area contributed by atoms with Gasteiger partial charge in [0, 0.05) is 0 Å². The molecule has 0 aliphatic carbocycles. The van der Waals surface area contributed by atoms with Gasteiger partial charge in [-0.3, -0.25) is 4.79 Å². The molecule has 0 aromatic rings. The van der Waals surface area contributed by atoms with Gasteiger partial charge in [-0.25, -0.2) is 4.39 Å². The molecule has 1 atom stereocenters. The summed E-state index contributed by atoms with van der Waals surface area (Å²) in [6.45, 7) is 1.56. The first-order valence-electron chi connectivity index (χ1n) is 2.12. The van der Waals surface area contributed by atoms with Crippen molar-refractivity contribution in [1.29, 1.82) is 0 Å². The minimum atomic E-state index is -1.46. The third kappa shape index (κ3) is 2.14. The molecule has 2 nitrogen and oxygen atoms in total. The van der Waals surface area contributed by atoms with Crippen molar-refractivity contribution in [2.24, 2.45) is 5.73 Å². The highest BCUT2D eigenvalue weighted by Gasteiger charge is 2.07. The van der Waals surface area contributed by atoms with E-state index in [4.69, 9.17) is 0 Å². The van der Waals surface area contributed by atoms with Crippen LogP contribution in [0.4, 0.5) is 4.39 Å². The molecule has 1 amide bonds. The largest absolute Gasteiger partial charge is 0.367 e. The Labute approximate surface area is 41.5 Å². The molecule has 42 valence electrons. The Kier molecular flexibility index (Phi) is 2.33. The lowest BCUT2D eigenvalue weighted by atomic mass is 10.3. The van der Waals surface area contributed by atoms with E-state index in [-0.39, 0.29) is 6.42 Å². The first-order valence-corrected chi connectivity index (χ1v) is 2.12. The summed E-state index contributed by atoms with van der Waals surface area (Å²) in [7, 11) is 0. The predicted molar refractivity (Wildman–Crippen MR) is 24.4 cm³/mol. The number of hydrogen-bond donors (Lipinski definition) is 1. The zero-order chi connectivity index (χ0) is 5.86. The molecule has 0 aromatic heterocycles. The second-order valence-electron chi connectivity index (χ2n) is 1.28. The van der Waals surface area contributed by atoms with Gasteiger partial charge in [-0.2, -0.15) is 0 Å². The Morgan fingerprint density at radius 2 is 2.43 bits per heavy atom. The van der Waals surface area contributed by atoms with Crippen LogP contribution in [-0.4, -0.2) is 12.1 Å². The lowest BCUT2D eigenvalue weighted by Crippen LogP contribution is -2.23. The standard InChI is InChI=1S/C4H8FNO/c1-2-3(5)4(6)7/h3H,2H2,1H3,(H2,6,7)/t3-/m1/s1. The van der Waals surface area contributed by atoms with E-state index in [0.717, 1.165) is 0 Å². The summed E-state index contributed by atoms with van der Waals surface area (Å²) in [5.74, 6) is -0.873. The molecule has 7 heavy (non-hydrogen) atoms. The van der Waals surface area contributed by atoms with E-state index in [0.29, 0.717) is 0 Å². The molecule has 0 bridgehead atoms. The van der Waals surface area contributed by atoms with Crippen molar-refractivity contribution >= 4 is 5.91 Å². The van der Waals surface area contributed by atoms with Crippen molar-refractivity contribution in [3.05, 3.63) is 0 Å². The monoisotopic (exact) mass is 105 g/mol. The second-order valence-corrected chi connectivity index (χ2v) is 1.28. The van der Waals surface area contributed by atoms with Crippen LogP contribution in [0.5, 0.6) is 0 Å². The van der Waals surface area contributed by atoms with Crippen molar-refractivity contribution < 1.29 is 9.18 Å². The highest BCUT2D eigenvalue weighted by Crippen LogP contribution is 1.92. The van der Waals surface area contributed by atoms with Crippen LogP contribution in [0.2, 0.25) is 0 Å². The van der Waals surface area contributed by atoms with Gasteiger partial charge in [-0.1, -0.05) is 6.92 Å². The molecule has 0 radical (unpaired) electrons. The molecule has 0 saturated heterocycles. The molecular formula is C4H8FNO.